The quantitative estimate of drug-likeness (QED) is 0.843. The number of quaternary nitrogens is 1. The minimum Gasteiger partial charge on any atom is -0.507 e. The molecular formula is C17H30NO+. The fourth-order valence-electron chi connectivity index (χ4n) is 2.35. The molecule has 2 nitrogen and oxygen atoms in total. The Morgan fingerprint density at radius 3 is 1.53 bits per heavy atom. The summed E-state index contributed by atoms with van der Waals surface area (Å²) in [7, 11) is 4.31. The largest absolute Gasteiger partial charge is 0.507 e. The maximum atomic E-state index is 10.6. The molecule has 0 bridgehead atoms. The normalized spacial score (nSPS) is 13.1. The number of phenolic OH excluding ortho intramolecular Hbond substituents is 1. The van der Waals surface area contributed by atoms with Gasteiger partial charge >= 0.3 is 0 Å². The van der Waals surface area contributed by atoms with E-state index in [-0.39, 0.29) is 10.8 Å². The summed E-state index contributed by atoms with van der Waals surface area (Å²) in [6.45, 7) is 13.9. The average molecular weight is 264 g/mol. The molecule has 0 aromatic heterocycles. The van der Waals surface area contributed by atoms with Gasteiger partial charge in [-0.25, -0.2) is 0 Å². The van der Waals surface area contributed by atoms with Gasteiger partial charge in [-0.15, -0.1) is 0 Å². The predicted octanol–water partition coefficient (Wildman–Crippen LogP) is 2.63. The summed E-state index contributed by atoms with van der Waals surface area (Å²) in [5, 5.41) is 10.6. The topological polar surface area (TPSA) is 24.7 Å². The molecule has 0 spiro atoms. The second kappa shape index (κ2) is 5.16. The zero-order valence-electron chi connectivity index (χ0n) is 13.8. The van der Waals surface area contributed by atoms with E-state index in [1.807, 2.05) is 0 Å². The highest BCUT2D eigenvalue weighted by atomic mass is 16.3. The number of nitrogens with one attached hydrogen (secondary N) is 1. The van der Waals surface area contributed by atoms with Gasteiger partial charge in [-0.3, -0.25) is 0 Å². The Bertz CT molecular complexity index is 412. The summed E-state index contributed by atoms with van der Waals surface area (Å²) in [5.74, 6) is 0.470. The van der Waals surface area contributed by atoms with Crippen LogP contribution in [0.15, 0.2) is 12.1 Å². The van der Waals surface area contributed by atoms with Crippen LogP contribution in [-0.4, -0.2) is 19.2 Å². The summed E-state index contributed by atoms with van der Waals surface area (Å²) in [5.41, 5.74) is 3.32. The van der Waals surface area contributed by atoms with Gasteiger partial charge in [-0.05, 0) is 23.0 Å². The van der Waals surface area contributed by atoms with Crippen LogP contribution in [0.2, 0.25) is 0 Å². The van der Waals surface area contributed by atoms with Gasteiger partial charge in [0.25, 0.3) is 0 Å². The van der Waals surface area contributed by atoms with Crippen molar-refractivity contribution in [2.24, 2.45) is 0 Å². The van der Waals surface area contributed by atoms with Crippen molar-refractivity contribution in [2.45, 2.75) is 58.9 Å². The summed E-state index contributed by atoms with van der Waals surface area (Å²) in [4.78, 5) is 1.39. The van der Waals surface area contributed by atoms with Crippen molar-refractivity contribution >= 4 is 0 Å². The Labute approximate surface area is 118 Å². The lowest BCUT2D eigenvalue weighted by molar-refractivity contribution is -0.872. The zero-order valence-corrected chi connectivity index (χ0v) is 13.8. The molecule has 1 aromatic carbocycles. The molecule has 0 radical (unpaired) electrons. The van der Waals surface area contributed by atoms with E-state index in [0.29, 0.717) is 5.75 Å². The maximum absolute atomic E-state index is 10.6. The summed E-state index contributed by atoms with van der Waals surface area (Å²) in [6.07, 6.45) is 0. The van der Waals surface area contributed by atoms with Gasteiger partial charge in [-0.1, -0.05) is 41.5 Å². The summed E-state index contributed by atoms with van der Waals surface area (Å²) in [6, 6.07) is 4.33. The first-order chi connectivity index (χ1) is 8.43. The first kappa shape index (κ1) is 16.0. The Morgan fingerprint density at radius 2 is 1.26 bits per heavy atom. The first-order valence-corrected chi connectivity index (χ1v) is 7.09. The van der Waals surface area contributed by atoms with Gasteiger partial charge < -0.3 is 10.0 Å². The third-order valence-corrected chi connectivity index (χ3v) is 3.34. The molecule has 0 aliphatic carbocycles. The van der Waals surface area contributed by atoms with Crippen LogP contribution in [0.4, 0.5) is 0 Å². The van der Waals surface area contributed by atoms with Gasteiger partial charge in [0.1, 0.15) is 12.3 Å². The Hall–Kier alpha value is -1.02. The Balaban J connectivity index is 3.48. The lowest BCUT2D eigenvalue weighted by atomic mass is 9.78. The molecule has 0 unspecified atom stereocenters. The van der Waals surface area contributed by atoms with E-state index < -0.39 is 0 Å². The predicted molar refractivity (Wildman–Crippen MR) is 82.0 cm³/mol. The summed E-state index contributed by atoms with van der Waals surface area (Å²) < 4.78 is 0. The highest BCUT2D eigenvalue weighted by molar-refractivity contribution is 5.49. The van der Waals surface area contributed by atoms with E-state index >= 15 is 0 Å². The second-order valence-corrected chi connectivity index (χ2v) is 7.92. The van der Waals surface area contributed by atoms with Crippen LogP contribution in [0.25, 0.3) is 0 Å². The minimum absolute atomic E-state index is 0.0399. The van der Waals surface area contributed by atoms with E-state index in [1.165, 1.54) is 10.5 Å². The van der Waals surface area contributed by atoms with Crippen molar-refractivity contribution in [1.29, 1.82) is 0 Å². The molecule has 0 atom stereocenters. The molecule has 2 N–H and O–H groups in total. The van der Waals surface area contributed by atoms with Crippen LogP contribution < -0.4 is 4.90 Å². The highest BCUT2D eigenvalue weighted by Gasteiger charge is 2.26. The number of hydrogen-bond donors (Lipinski definition) is 2. The fourth-order valence-corrected chi connectivity index (χ4v) is 2.35. The Morgan fingerprint density at radius 1 is 0.895 bits per heavy atom. The standard InChI is InChI=1S/C17H29NO/c1-16(2,3)13-9-12(11-18(7)8)10-14(15(13)19)17(4,5)6/h9-10,19H,11H2,1-8H3/p+1. The van der Waals surface area contributed by atoms with Crippen molar-refractivity contribution in [1.82, 2.24) is 0 Å². The smallest absolute Gasteiger partial charge is 0.123 e. The molecule has 108 valence electrons. The van der Waals surface area contributed by atoms with Crippen molar-refractivity contribution in [3.63, 3.8) is 0 Å². The average Bonchev–Trinajstić information content (AvgIpc) is 2.16. The minimum atomic E-state index is -0.0399. The molecule has 0 heterocycles. The SMILES string of the molecule is C[NH+](C)Cc1cc(C(C)(C)C)c(O)c(C(C)(C)C)c1. The zero-order chi connectivity index (χ0) is 15.0. The molecule has 0 amide bonds. The van der Waals surface area contributed by atoms with Gasteiger partial charge in [0.2, 0.25) is 0 Å². The molecule has 0 fully saturated rings. The van der Waals surface area contributed by atoms with Gasteiger partial charge in [-0.2, -0.15) is 0 Å². The van der Waals surface area contributed by atoms with Gasteiger partial charge in [0, 0.05) is 16.7 Å². The number of phenols is 1. The van der Waals surface area contributed by atoms with Gasteiger partial charge in [0.05, 0.1) is 14.1 Å². The number of benzene rings is 1. The number of aromatic hydroxyl groups is 1. The monoisotopic (exact) mass is 264 g/mol. The molecule has 0 saturated carbocycles. The van der Waals surface area contributed by atoms with E-state index in [2.05, 4.69) is 67.8 Å². The molecular weight excluding hydrogens is 234 g/mol. The van der Waals surface area contributed by atoms with Crippen LogP contribution in [0, 0.1) is 0 Å². The molecule has 19 heavy (non-hydrogen) atoms. The van der Waals surface area contributed by atoms with Crippen molar-refractivity contribution in [2.75, 3.05) is 14.1 Å². The molecule has 1 rings (SSSR count). The van der Waals surface area contributed by atoms with Crippen LogP contribution in [0.3, 0.4) is 0 Å². The fraction of sp³-hybridized carbons (Fsp3) is 0.647. The first-order valence-electron chi connectivity index (χ1n) is 7.09. The van der Waals surface area contributed by atoms with Crippen molar-refractivity contribution < 1.29 is 10.0 Å². The Kier molecular flexibility index (Phi) is 4.36. The van der Waals surface area contributed by atoms with Crippen LogP contribution in [-0.2, 0) is 17.4 Å². The molecule has 0 aliphatic rings. The number of hydrogen-bond acceptors (Lipinski definition) is 1. The van der Waals surface area contributed by atoms with E-state index in [1.54, 1.807) is 0 Å². The van der Waals surface area contributed by atoms with E-state index in [0.717, 1.165) is 17.7 Å². The van der Waals surface area contributed by atoms with Crippen LogP contribution in [0.5, 0.6) is 5.75 Å². The molecule has 2 heteroatoms. The lowest BCUT2D eigenvalue weighted by Gasteiger charge is -2.28. The second-order valence-electron chi connectivity index (χ2n) is 7.92. The van der Waals surface area contributed by atoms with E-state index in [4.69, 9.17) is 0 Å². The maximum Gasteiger partial charge on any atom is 0.123 e. The van der Waals surface area contributed by atoms with E-state index in [9.17, 15) is 5.11 Å². The highest BCUT2D eigenvalue weighted by Crippen LogP contribution is 2.39. The summed E-state index contributed by atoms with van der Waals surface area (Å²) >= 11 is 0. The molecule has 0 saturated heterocycles. The molecule has 0 aliphatic heterocycles. The van der Waals surface area contributed by atoms with Crippen LogP contribution in [0.1, 0.15) is 58.2 Å². The van der Waals surface area contributed by atoms with Crippen molar-refractivity contribution in [3.05, 3.63) is 28.8 Å². The van der Waals surface area contributed by atoms with Gasteiger partial charge in [0.15, 0.2) is 0 Å². The lowest BCUT2D eigenvalue weighted by Crippen LogP contribution is -3.04. The van der Waals surface area contributed by atoms with Crippen molar-refractivity contribution in [3.8, 4) is 5.75 Å². The third-order valence-electron chi connectivity index (χ3n) is 3.34. The number of rotatable bonds is 2. The third kappa shape index (κ3) is 3.97. The van der Waals surface area contributed by atoms with Crippen LogP contribution >= 0.6 is 0 Å². The molecule has 1 aromatic rings.